The molecule has 5 atom stereocenters. The van der Waals surface area contributed by atoms with Gasteiger partial charge in [-0.1, -0.05) is 30.7 Å². The van der Waals surface area contributed by atoms with Crippen LogP contribution in [0, 0.1) is 11.8 Å². The van der Waals surface area contributed by atoms with Gasteiger partial charge in [-0.25, -0.2) is 13.1 Å². The van der Waals surface area contributed by atoms with Gasteiger partial charge in [0.2, 0.25) is 10.0 Å². The van der Waals surface area contributed by atoms with E-state index in [0.717, 1.165) is 36.5 Å². The molecule has 45 heavy (non-hydrogen) atoms. The predicted molar refractivity (Wildman–Crippen MR) is 166 cm³/mol. The van der Waals surface area contributed by atoms with Gasteiger partial charge in [0.05, 0.1) is 17.5 Å². The van der Waals surface area contributed by atoms with Crippen LogP contribution in [0.1, 0.15) is 73.4 Å². The van der Waals surface area contributed by atoms with E-state index >= 15 is 0 Å². The highest BCUT2D eigenvalue weighted by Gasteiger charge is 2.61. The average Bonchev–Trinajstić information content (AvgIpc) is 3.10. The molecule has 7 nitrogen and oxygen atoms in total. The van der Waals surface area contributed by atoms with Crippen LogP contribution >= 0.6 is 11.6 Å². The molecular formula is C33H38ClF3N2O5S. The van der Waals surface area contributed by atoms with Crippen molar-refractivity contribution >= 4 is 33.2 Å². The number of carbonyl (C=O) groups excluding carboxylic acids is 1. The molecule has 2 aliphatic heterocycles. The van der Waals surface area contributed by atoms with Crippen molar-refractivity contribution in [1.82, 2.24) is 4.72 Å². The third kappa shape index (κ3) is 5.84. The second kappa shape index (κ2) is 11.8. The van der Waals surface area contributed by atoms with Crippen LogP contribution < -0.4 is 14.4 Å². The number of hydrogen-bond donors (Lipinski definition) is 2. The van der Waals surface area contributed by atoms with E-state index < -0.39 is 50.2 Å². The Labute approximate surface area is 266 Å². The van der Waals surface area contributed by atoms with Crippen molar-refractivity contribution in [3.63, 3.8) is 0 Å². The Hall–Kier alpha value is -2.76. The summed E-state index contributed by atoms with van der Waals surface area (Å²) in [6, 6.07) is 10.5. The molecule has 4 aliphatic rings. The third-order valence-electron chi connectivity index (χ3n) is 10.3. The maximum absolute atomic E-state index is 14.6. The van der Waals surface area contributed by atoms with Crippen LogP contribution in [0.15, 0.2) is 48.6 Å². The highest BCUT2D eigenvalue weighted by atomic mass is 35.5. The van der Waals surface area contributed by atoms with Gasteiger partial charge < -0.3 is 14.7 Å². The molecule has 0 unspecified atom stereocenters. The van der Waals surface area contributed by atoms with Gasteiger partial charge in [0.15, 0.2) is 5.60 Å². The molecule has 0 saturated heterocycles. The van der Waals surface area contributed by atoms with E-state index in [1.165, 1.54) is 12.1 Å². The molecule has 0 radical (unpaired) electrons. The van der Waals surface area contributed by atoms with Gasteiger partial charge in [-0.05, 0) is 105 Å². The number of nitrogens with one attached hydrogen (secondary N) is 1. The van der Waals surface area contributed by atoms with Crippen LogP contribution in [0.2, 0.25) is 5.02 Å². The molecule has 1 saturated carbocycles. The average molecular weight is 667 g/mol. The number of allylic oxidation sites excluding steroid dienone is 1. The molecule has 2 aliphatic carbocycles. The van der Waals surface area contributed by atoms with Crippen molar-refractivity contribution in [3.05, 3.63) is 70.3 Å². The first-order chi connectivity index (χ1) is 21.3. The summed E-state index contributed by atoms with van der Waals surface area (Å²) in [5.41, 5.74) is -0.761. The highest BCUT2D eigenvalue weighted by molar-refractivity contribution is 7.90. The lowest BCUT2D eigenvalue weighted by molar-refractivity contribution is -0.273. The number of nitrogens with zero attached hydrogens (tertiary/aromatic N) is 1. The highest BCUT2D eigenvalue weighted by Crippen LogP contribution is 2.52. The van der Waals surface area contributed by atoms with Crippen LogP contribution in [0.3, 0.4) is 0 Å². The Balaban J connectivity index is 1.46. The number of hydrogen-bond acceptors (Lipinski definition) is 6. The van der Waals surface area contributed by atoms with Crippen molar-refractivity contribution < 1.29 is 36.2 Å². The number of aryl methyl sites for hydroxylation is 1. The van der Waals surface area contributed by atoms with E-state index in [4.69, 9.17) is 16.3 Å². The van der Waals surface area contributed by atoms with E-state index in [1.54, 1.807) is 19.1 Å². The second-order valence-electron chi connectivity index (χ2n) is 13.0. The van der Waals surface area contributed by atoms with Gasteiger partial charge in [0.1, 0.15) is 5.75 Å². The van der Waals surface area contributed by atoms with Gasteiger partial charge >= 0.3 is 6.18 Å². The minimum absolute atomic E-state index is 0.00177. The fourth-order valence-corrected chi connectivity index (χ4v) is 9.35. The van der Waals surface area contributed by atoms with E-state index in [1.807, 2.05) is 23.1 Å². The van der Waals surface area contributed by atoms with Crippen LogP contribution in [0.25, 0.3) is 0 Å². The molecular weight excluding hydrogens is 629 g/mol. The maximum atomic E-state index is 14.6. The lowest BCUT2D eigenvalue weighted by Gasteiger charge is -2.49. The van der Waals surface area contributed by atoms with E-state index in [2.05, 4.69) is 4.72 Å². The molecule has 1 fully saturated rings. The van der Waals surface area contributed by atoms with Crippen LogP contribution in [0.4, 0.5) is 18.9 Å². The number of halogens is 4. The van der Waals surface area contributed by atoms with Crippen LogP contribution in [-0.2, 0) is 21.9 Å². The number of aliphatic hydroxyl groups is 1. The van der Waals surface area contributed by atoms with Gasteiger partial charge in [0.25, 0.3) is 5.91 Å². The number of fused-ring (bicyclic) bond motifs is 4. The Morgan fingerprint density at radius 1 is 1.16 bits per heavy atom. The third-order valence-corrected chi connectivity index (χ3v) is 12.5. The van der Waals surface area contributed by atoms with Crippen molar-refractivity contribution in [2.75, 3.05) is 24.6 Å². The number of carbonyl (C=O) groups is 1. The normalized spacial score (nSPS) is 32.3. The van der Waals surface area contributed by atoms with E-state index in [9.17, 15) is 31.5 Å². The molecule has 0 aromatic heterocycles. The molecule has 244 valence electrons. The monoisotopic (exact) mass is 666 g/mol. The number of benzene rings is 2. The summed E-state index contributed by atoms with van der Waals surface area (Å²) in [5.74, 6) is -1.89. The predicted octanol–water partition coefficient (Wildman–Crippen LogP) is 6.32. The standard InChI is InChI=1S/C33H38ClF3N2O5S/c1-2-25-7-3-4-15-32(41,33(35,36)37)27-11-8-23(27)18-39-19-31(14-5-6-21-16-24(34)10-12-26(21)31)20-44-29-13-9-22(17-28(29)39)30(40)38-45(25,42)43/h4,9-10,12-13,15-17,23,25,27,41H,2-3,5-8,11,14,18-20H2,1H3,(H,38,40)/b15-4-/t23-,25+,27+,31-,32+/m0/s1. The fourth-order valence-electron chi connectivity index (χ4n) is 7.73. The molecule has 12 heteroatoms. The Bertz CT molecular complexity index is 1620. The number of sulfonamides is 1. The number of rotatable bonds is 1. The van der Waals surface area contributed by atoms with E-state index in [0.29, 0.717) is 36.0 Å². The quantitative estimate of drug-likeness (QED) is 0.346. The second-order valence-corrected chi connectivity index (χ2v) is 15.4. The summed E-state index contributed by atoms with van der Waals surface area (Å²) in [5, 5.41) is 10.9. The maximum Gasteiger partial charge on any atom is 0.421 e. The molecule has 2 heterocycles. The van der Waals surface area contributed by atoms with Crippen molar-refractivity contribution in [2.24, 2.45) is 11.8 Å². The van der Waals surface area contributed by atoms with E-state index in [-0.39, 0.29) is 37.8 Å². The number of alkyl halides is 3. The fraction of sp³-hybridized carbons (Fsp3) is 0.545. The van der Waals surface area contributed by atoms with Gasteiger partial charge in [-0.2, -0.15) is 13.2 Å². The van der Waals surface area contributed by atoms with Gasteiger partial charge in [-0.15, -0.1) is 0 Å². The number of ether oxygens (including phenoxy) is 1. The molecule has 6 rings (SSSR count). The zero-order valence-electron chi connectivity index (χ0n) is 25.1. The molecule has 1 amide bonds. The first-order valence-corrected chi connectivity index (χ1v) is 17.5. The first-order valence-electron chi connectivity index (χ1n) is 15.6. The summed E-state index contributed by atoms with van der Waals surface area (Å²) >= 11 is 6.34. The summed E-state index contributed by atoms with van der Waals surface area (Å²) in [6.07, 6.45) is 0.469. The zero-order chi connectivity index (χ0) is 32.2. The Morgan fingerprint density at radius 3 is 2.67 bits per heavy atom. The molecule has 2 aromatic carbocycles. The minimum atomic E-state index is -4.92. The minimum Gasteiger partial charge on any atom is -0.490 e. The molecule has 2 aromatic rings. The first kappa shape index (κ1) is 32.2. The topological polar surface area (TPSA) is 95.9 Å². The van der Waals surface area contributed by atoms with Gasteiger partial charge in [0, 0.05) is 35.0 Å². The van der Waals surface area contributed by atoms with Crippen molar-refractivity contribution in [1.29, 1.82) is 0 Å². The summed E-state index contributed by atoms with van der Waals surface area (Å²) in [7, 11) is -4.14. The van der Waals surface area contributed by atoms with Crippen LogP contribution in [-0.4, -0.2) is 56.2 Å². The Kier molecular flexibility index (Phi) is 8.44. The smallest absolute Gasteiger partial charge is 0.421 e. The lowest BCUT2D eigenvalue weighted by Crippen LogP contribution is -2.58. The zero-order valence-corrected chi connectivity index (χ0v) is 26.6. The number of anilines is 1. The van der Waals surface area contributed by atoms with Gasteiger partial charge in [-0.3, -0.25) is 4.79 Å². The van der Waals surface area contributed by atoms with Crippen molar-refractivity contribution in [3.8, 4) is 5.75 Å². The SMILES string of the molecule is CC[C@@H]1CC/C=C\[C@](O)(C(F)(F)F)[C@@H]2CC[C@H]2CN2C[C@@]3(CCCc4cc(Cl)ccc43)COc3ccc(cc32)C(=O)NS1(=O)=O. The molecule has 2 N–H and O–H groups in total. The lowest BCUT2D eigenvalue weighted by atomic mass is 9.63. The summed E-state index contributed by atoms with van der Waals surface area (Å²) in [4.78, 5) is 15.3. The summed E-state index contributed by atoms with van der Waals surface area (Å²) in [6.45, 7) is 2.55. The Morgan fingerprint density at radius 2 is 1.96 bits per heavy atom. The summed E-state index contributed by atoms with van der Waals surface area (Å²) < 4.78 is 78.7. The number of amides is 1. The van der Waals surface area contributed by atoms with Crippen molar-refractivity contribution in [2.45, 2.75) is 80.7 Å². The molecule has 2 bridgehead atoms. The largest absolute Gasteiger partial charge is 0.490 e. The molecule has 1 spiro atoms. The van der Waals surface area contributed by atoms with Crippen LogP contribution in [0.5, 0.6) is 5.75 Å².